The van der Waals surface area contributed by atoms with E-state index in [2.05, 4.69) is 0 Å². The average molecular weight is 409 g/mol. The maximum atomic E-state index is 12.7. The lowest BCUT2D eigenvalue weighted by molar-refractivity contribution is -0.130. The van der Waals surface area contributed by atoms with E-state index in [0.29, 0.717) is 31.0 Å². The number of aryl methyl sites for hydroxylation is 1. The summed E-state index contributed by atoms with van der Waals surface area (Å²) in [6, 6.07) is 15.8. The van der Waals surface area contributed by atoms with E-state index < -0.39 is 5.91 Å². The molecule has 1 fully saturated rings. The summed E-state index contributed by atoms with van der Waals surface area (Å²) < 4.78 is 6.83. The van der Waals surface area contributed by atoms with Gasteiger partial charge in [0.2, 0.25) is 5.91 Å². The predicted molar refractivity (Wildman–Crippen MR) is 116 cm³/mol. The van der Waals surface area contributed by atoms with Crippen molar-refractivity contribution in [1.82, 2.24) is 4.90 Å². The maximum Gasteiger partial charge on any atom is 0.259 e. The first kappa shape index (κ1) is 19.5. The minimum atomic E-state index is -0.391. The fourth-order valence-electron chi connectivity index (χ4n) is 4.00. The molecule has 5 nitrogen and oxygen atoms in total. The molecule has 4 rings (SSSR count). The molecule has 1 aliphatic rings. The number of nitrogens with two attached hydrogens (primary N) is 1. The third-order valence-corrected chi connectivity index (χ3v) is 6.68. The number of hydrogen-bond acceptors (Lipinski definition) is 4. The molecule has 2 amide bonds. The van der Waals surface area contributed by atoms with Crippen molar-refractivity contribution in [2.45, 2.75) is 25.7 Å². The van der Waals surface area contributed by atoms with Crippen LogP contribution in [0.2, 0.25) is 0 Å². The number of benzene rings is 2. The van der Waals surface area contributed by atoms with Crippen LogP contribution in [-0.2, 0) is 4.79 Å². The molecule has 1 saturated heterocycles. The van der Waals surface area contributed by atoms with Crippen LogP contribution in [0.4, 0.5) is 0 Å². The number of carbonyl (C=O) groups is 2. The minimum Gasteiger partial charge on any atom is -0.493 e. The van der Waals surface area contributed by atoms with Gasteiger partial charge in [0.05, 0.1) is 17.9 Å². The molecule has 3 aromatic rings. The Kier molecular flexibility index (Phi) is 5.53. The molecule has 1 aliphatic heterocycles. The Morgan fingerprint density at radius 2 is 1.93 bits per heavy atom. The molecular weight excluding hydrogens is 384 g/mol. The topological polar surface area (TPSA) is 72.6 Å². The molecule has 0 unspecified atom stereocenters. The highest BCUT2D eigenvalue weighted by molar-refractivity contribution is 7.21. The summed E-state index contributed by atoms with van der Waals surface area (Å²) in [4.78, 5) is 27.2. The number of primary amides is 1. The van der Waals surface area contributed by atoms with Crippen molar-refractivity contribution in [3.05, 3.63) is 64.5 Å². The Morgan fingerprint density at radius 3 is 2.72 bits per heavy atom. The zero-order valence-electron chi connectivity index (χ0n) is 16.4. The summed E-state index contributed by atoms with van der Waals surface area (Å²) in [6.07, 6.45) is 1.18. The van der Waals surface area contributed by atoms with Gasteiger partial charge < -0.3 is 15.4 Å². The molecule has 0 aliphatic carbocycles. The van der Waals surface area contributed by atoms with E-state index in [-0.39, 0.29) is 11.8 Å². The Hall–Kier alpha value is -2.86. The molecule has 29 heavy (non-hydrogen) atoms. The molecule has 1 aromatic heterocycles. The van der Waals surface area contributed by atoms with Crippen LogP contribution in [-0.4, -0.2) is 36.4 Å². The summed E-state index contributed by atoms with van der Waals surface area (Å²) in [5.74, 6) is 0.643. The molecule has 0 saturated carbocycles. The smallest absolute Gasteiger partial charge is 0.259 e. The fourth-order valence-corrected chi connectivity index (χ4v) is 5.14. The molecule has 0 spiro atoms. The van der Waals surface area contributed by atoms with Crippen LogP contribution in [0.3, 0.4) is 0 Å². The second kappa shape index (κ2) is 8.25. The lowest BCUT2D eigenvalue weighted by atomic mass is 9.95. The van der Waals surface area contributed by atoms with Gasteiger partial charge in [-0.1, -0.05) is 36.4 Å². The number of carbonyl (C=O) groups excluding carboxylic acids is 2. The van der Waals surface area contributed by atoms with Crippen molar-refractivity contribution < 1.29 is 14.3 Å². The van der Waals surface area contributed by atoms with Crippen LogP contribution in [0.15, 0.2) is 48.5 Å². The van der Waals surface area contributed by atoms with Crippen LogP contribution < -0.4 is 10.5 Å². The zero-order chi connectivity index (χ0) is 20.4. The van der Waals surface area contributed by atoms with Crippen LogP contribution in [0, 0.1) is 6.92 Å². The van der Waals surface area contributed by atoms with Gasteiger partial charge in [-0.05, 0) is 42.0 Å². The van der Waals surface area contributed by atoms with Crippen molar-refractivity contribution in [3.8, 4) is 5.75 Å². The Morgan fingerprint density at radius 1 is 1.17 bits per heavy atom. The molecule has 150 valence electrons. The quantitative estimate of drug-likeness (QED) is 0.668. The van der Waals surface area contributed by atoms with Crippen LogP contribution >= 0.6 is 11.3 Å². The summed E-state index contributed by atoms with van der Waals surface area (Å²) in [5, 5.41) is 1.08. The second-order valence-corrected chi connectivity index (χ2v) is 8.45. The highest BCUT2D eigenvalue weighted by Crippen LogP contribution is 2.40. The number of thiophene rings is 1. The zero-order valence-corrected chi connectivity index (χ0v) is 17.2. The molecule has 2 aromatic carbocycles. The van der Waals surface area contributed by atoms with E-state index in [1.54, 1.807) is 0 Å². The van der Waals surface area contributed by atoms with Crippen LogP contribution in [0.5, 0.6) is 5.75 Å². The Balaban J connectivity index is 1.42. The van der Waals surface area contributed by atoms with E-state index in [0.717, 1.165) is 33.4 Å². The lowest BCUT2D eigenvalue weighted by Crippen LogP contribution is -2.29. The first-order valence-corrected chi connectivity index (χ1v) is 10.6. The minimum absolute atomic E-state index is 0.0845. The van der Waals surface area contributed by atoms with Gasteiger partial charge in [-0.2, -0.15) is 0 Å². The second-order valence-electron chi connectivity index (χ2n) is 7.39. The Bertz CT molecular complexity index is 1060. The summed E-state index contributed by atoms with van der Waals surface area (Å²) >= 11 is 1.44. The number of amides is 2. The lowest BCUT2D eigenvalue weighted by Gasteiger charge is -2.17. The molecule has 1 atom stereocenters. The van der Waals surface area contributed by atoms with Crippen LogP contribution in [0.25, 0.3) is 10.1 Å². The number of likely N-dealkylation sites (tertiary alicyclic amines) is 1. The SMILES string of the molecule is Cc1ccccc1OCCC(=O)N1CC[C@H](c2c(C(N)=O)sc3ccccc23)C1. The number of hydrogen-bond donors (Lipinski definition) is 1. The highest BCUT2D eigenvalue weighted by atomic mass is 32.1. The third kappa shape index (κ3) is 3.98. The molecule has 2 N–H and O–H groups in total. The number of rotatable bonds is 6. The van der Waals surface area contributed by atoms with Gasteiger partial charge >= 0.3 is 0 Å². The number of fused-ring (bicyclic) bond motifs is 1. The molecule has 0 radical (unpaired) electrons. The van der Waals surface area contributed by atoms with Crippen molar-refractivity contribution >= 4 is 33.2 Å². The third-order valence-electron chi connectivity index (χ3n) is 5.47. The standard InChI is InChI=1S/C23H24N2O3S/c1-15-6-2-4-8-18(15)28-13-11-20(26)25-12-10-16(14-25)21-17-7-3-5-9-19(17)29-22(21)23(24)27/h2-9,16H,10-14H2,1H3,(H2,24,27)/t16-/m0/s1. The van der Waals surface area contributed by atoms with E-state index in [1.807, 2.05) is 60.4 Å². The highest BCUT2D eigenvalue weighted by Gasteiger charge is 2.31. The van der Waals surface area contributed by atoms with Crippen molar-refractivity contribution in [2.24, 2.45) is 5.73 Å². The van der Waals surface area contributed by atoms with Gasteiger partial charge in [-0.3, -0.25) is 9.59 Å². The molecule has 2 heterocycles. The number of para-hydroxylation sites is 1. The average Bonchev–Trinajstić information content (AvgIpc) is 3.34. The van der Waals surface area contributed by atoms with E-state index in [1.165, 1.54) is 11.3 Å². The number of nitrogens with zero attached hydrogens (tertiary/aromatic N) is 1. The van der Waals surface area contributed by atoms with Gasteiger partial charge in [-0.25, -0.2) is 0 Å². The van der Waals surface area contributed by atoms with E-state index in [4.69, 9.17) is 10.5 Å². The van der Waals surface area contributed by atoms with Gasteiger partial charge in [0.1, 0.15) is 5.75 Å². The maximum absolute atomic E-state index is 12.7. The van der Waals surface area contributed by atoms with Gasteiger partial charge in [0.25, 0.3) is 5.91 Å². The first-order chi connectivity index (χ1) is 14.0. The summed E-state index contributed by atoms with van der Waals surface area (Å²) in [6.45, 7) is 3.66. The van der Waals surface area contributed by atoms with Gasteiger partial charge in [0.15, 0.2) is 0 Å². The monoisotopic (exact) mass is 408 g/mol. The number of ether oxygens (including phenoxy) is 1. The normalized spacial score (nSPS) is 16.3. The van der Waals surface area contributed by atoms with Crippen LogP contribution in [0.1, 0.15) is 39.6 Å². The first-order valence-electron chi connectivity index (χ1n) is 9.82. The van der Waals surface area contributed by atoms with Crippen molar-refractivity contribution in [3.63, 3.8) is 0 Å². The predicted octanol–water partition coefficient (Wildman–Crippen LogP) is 4.09. The summed E-state index contributed by atoms with van der Waals surface area (Å²) in [5.41, 5.74) is 7.71. The van der Waals surface area contributed by atoms with Gasteiger partial charge in [-0.15, -0.1) is 11.3 Å². The molecular formula is C23H24N2O3S. The fraction of sp³-hybridized carbons (Fsp3) is 0.304. The van der Waals surface area contributed by atoms with E-state index >= 15 is 0 Å². The van der Waals surface area contributed by atoms with E-state index in [9.17, 15) is 9.59 Å². The van der Waals surface area contributed by atoms with Gasteiger partial charge in [0, 0.05) is 23.7 Å². The largest absolute Gasteiger partial charge is 0.493 e. The van der Waals surface area contributed by atoms with Crippen molar-refractivity contribution in [2.75, 3.05) is 19.7 Å². The van der Waals surface area contributed by atoms with Crippen molar-refractivity contribution in [1.29, 1.82) is 0 Å². The summed E-state index contributed by atoms with van der Waals surface area (Å²) in [7, 11) is 0. The molecule has 0 bridgehead atoms. The Labute approximate surface area is 174 Å². The molecule has 6 heteroatoms.